The first kappa shape index (κ1) is 22.5. The quantitative estimate of drug-likeness (QED) is 0.425. The fraction of sp³-hybridized carbons (Fsp3) is 0.385. The molecule has 10 nitrogen and oxygen atoms in total. The van der Waals surface area contributed by atoms with Gasteiger partial charge in [-0.3, -0.25) is 5.10 Å². The Kier molecular flexibility index (Phi) is 5.04. The number of aromatic nitrogens is 2. The minimum absolute atomic E-state index is 0.0978. The lowest BCUT2D eigenvalue weighted by Gasteiger charge is -2.45. The Morgan fingerprint density at radius 3 is 2.50 bits per heavy atom. The second-order valence-corrected chi connectivity index (χ2v) is 9.64. The molecule has 10 heteroatoms. The van der Waals surface area contributed by atoms with Crippen LogP contribution in [0.1, 0.15) is 39.2 Å². The summed E-state index contributed by atoms with van der Waals surface area (Å²) >= 11 is 0. The lowest BCUT2D eigenvalue weighted by Crippen LogP contribution is -2.50. The van der Waals surface area contributed by atoms with Crippen LogP contribution in [-0.2, 0) is 11.2 Å². The van der Waals surface area contributed by atoms with Crippen molar-refractivity contribution in [2.24, 2.45) is 0 Å². The standard InChI is InChI=1S/C26H28N3O7/c1-29(2)9-8-14-17(13-10-27-28-11-13)24-25(35-12-34-24)23(33-5)18(14)20(29)21-15-6-7-16(31-3)22(32-4)19(15)26(30)36-21/h6-7,10-11,20-21H,8-9,12H2,1-5H3,(H,27,28)/q+1. The minimum Gasteiger partial charge on any atom is -0.493 e. The van der Waals surface area contributed by atoms with E-state index in [4.69, 9.17) is 28.4 Å². The maximum Gasteiger partial charge on any atom is 0.343 e. The number of methoxy groups -OCH3 is 3. The summed E-state index contributed by atoms with van der Waals surface area (Å²) in [4.78, 5) is 13.2. The van der Waals surface area contributed by atoms with E-state index in [1.807, 2.05) is 18.3 Å². The van der Waals surface area contributed by atoms with Crippen LogP contribution in [0.3, 0.4) is 0 Å². The summed E-state index contributed by atoms with van der Waals surface area (Å²) in [6.45, 7) is 0.905. The number of fused-ring (bicyclic) bond motifs is 3. The second kappa shape index (κ2) is 8.06. The van der Waals surface area contributed by atoms with Gasteiger partial charge in [-0.1, -0.05) is 6.07 Å². The van der Waals surface area contributed by atoms with Crippen LogP contribution < -0.4 is 23.7 Å². The van der Waals surface area contributed by atoms with Gasteiger partial charge >= 0.3 is 5.97 Å². The number of nitrogens with zero attached hydrogens (tertiary/aromatic N) is 2. The number of benzene rings is 2. The molecule has 2 atom stereocenters. The lowest BCUT2D eigenvalue weighted by molar-refractivity contribution is -0.927. The van der Waals surface area contributed by atoms with Gasteiger partial charge in [0.1, 0.15) is 5.56 Å². The molecule has 4 heterocycles. The molecule has 2 aromatic carbocycles. The molecular weight excluding hydrogens is 466 g/mol. The molecular formula is C26H28N3O7+. The van der Waals surface area contributed by atoms with Crippen molar-refractivity contribution in [1.29, 1.82) is 0 Å². The van der Waals surface area contributed by atoms with Crippen molar-refractivity contribution in [3.63, 3.8) is 0 Å². The molecule has 0 saturated heterocycles. The van der Waals surface area contributed by atoms with Crippen LogP contribution >= 0.6 is 0 Å². The highest BCUT2D eigenvalue weighted by Gasteiger charge is 2.52. The molecule has 188 valence electrons. The Balaban J connectivity index is 1.63. The zero-order valence-electron chi connectivity index (χ0n) is 20.8. The third-order valence-corrected chi connectivity index (χ3v) is 7.50. The average Bonchev–Trinajstić information content (AvgIpc) is 3.63. The zero-order chi connectivity index (χ0) is 25.2. The number of carbonyl (C=O) groups excluding carboxylic acids is 1. The smallest absolute Gasteiger partial charge is 0.343 e. The fourth-order valence-electron chi connectivity index (χ4n) is 5.90. The maximum absolute atomic E-state index is 13.2. The Bertz CT molecular complexity index is 1370. The summed E-state index contributed by atoms with van der Waals surface area (Å²) in [5, 5.41) is 7.07. The average molecular weight is 495 g/mol. The molecule has 0 bridgehead atoms. The number of rotatable bonds is 5. The van der Waals surface area contributed by atoms with E-state index in [1.165, 1.54) is 7.11 Å². The van der Waals surface area contributed by atoms with Crippen molar-refractivity contribution in [3.8, 4) is 39.9 Å². The molecule has 0 aliphatic carbocycles. The summed E-state index contributed by atoms with van der Waals surface area (Å²) in [6.07, 6.45) is 3.81. The van der Waals surface area contributed by atoms with Gasteiger partial charge < -0.3 is 32.9 Å². The van der Waals surface area contributed by atoms with Crippen molar-refractivity contribution in [2.75, 3.05) is 48.8 Å². The van der Waals surface area contributed by atoms with Crippen molar-refractivity contribution in [3.05, 3.63) is 46.8 Å². The number of nitrogens with one attached hydrogen (secondary N) is 1. The highest BCUT2D eigenvalue weighted by molar-refractivity contribution is 5.98. The van der Waals surface area contributed by atoms with Crippen LogP contribution in [0.5, 0.6) is 28.7 Å². The Morgan fingerprint density at radius 1 is 1.03 bits per heavy atom. The van der Waals surface area contributed by atoms with Crippen molar-refractivity contribution in [1.82, 2.24) is 10.2 Å². The van der Waals surface area contributed by atoms with Gasteiger partial charge in [-0.05, 0) is 11.6 Å². The molecule has 0 fully saturated rings. The number of carbonyl (C=O) groups is 1. The predicted octanol–water partition coefficient (Wildman–Crippen LogP) is 3.42. The fourth-order valence-corrected chi connectivity index (χ4v) is 5.90. The molecule has 3 aliphatic heterocycles. The SMILES string of the molecule is COc1ccc2c(c1OC)C(=O)OC2C1c2c(c(-c3cn[nH]c3)c3c(c2OC)OCO3)CC[N+]1(C)C. The molecule has 1 N–H and O–H groups in total. The van der Waals surface area contributed by atoms with Crippen LogP contribution in [-0.4, -0.2) is 69.4 Å². The number of ether oxygens (including phenoxy) is 6. The van der Waals surface area contributed by atoms with E-state index < -0.39 is 12.1 Å². The Morgan fingerprint density at radius 2 is 1.81 bits per heavy atom. The van der Waals surface area contributed by atoms with Gasteiger partial charge in [0.05, 0.1) is 53.7 Å². The summed E-state index contributed by atoms with van der Waals surface area (Å²) in [5.41, 5.74) is 4.99. The van der Waals surface area contributed by atoms with Gasteiger partial charge in [0.15, 0.2) is 35.1 Å². The predicted molar refractivity (Wildman–Crippen MR) is 128 cm³/mol. The molecule has 0 spiro atoms. The summed E-state index contributed by atoms with van der Waals surface area (Å²) in [7, 11) is 8.98. The van der Waals surface area contributed by atoms with E-state index in [9.17, 15) is 4.79 Å². The largest absolute Gasteiger partial charge is 0.493 e. The van der Waals surface area contributed by atoms with Crippen molar-refractivity contribution < 1.29 is 37.7 Å². The summed E-state index contributed by atoms with van der Waals surface area (Å²) < 4.78 is 35.6. The van der Waals surface area contributed by atoms with Crippen LogP contribution in [0.4, 0.5) is 0 Å². The highest BCUT2D eigenvalue weighted by atomic mass is 16.7. The summed E-state index contributed by atoms with van der Waals surface area (Å²) in [5.74, 6) is 2.22. The number of hydrogen-bond acceptors (Lipinski definition) is 8. The first-order chi connectivity index (χ1) is 17.4. The number of aromatic amines is 1. The van der Waals surface area contributed by atoms with E-state index in [0.717, 1.165) is 40.8 Å². The van der Waals surface area contributed by atoms with Gasteiger partial charge in [-0.15, -0.1) is 0 Å². The molecule has 36 heavy (non-hydrogen) atoms. The van der Waals surface area contributed by atoms with Crippen LogP contribution in [0.2, 0.25) is 0 Å². The molecule has 3 aromatic rings. The van der Waals surface area contributed by atoms with Crippen LogP contribution in [0.25, 0.3) is 11.1 Å². The molecule has 0 radical (unpaired) electrons. The highest BCUT2D eigenvalue weighted by Crippen LogP contribution is 2.59. The van der Waals surface area contributed by atoms with Crippen LogP contribution in [0.15, 0.2) is 24.5 Å². The topological polar surface area (TPSA) is 101 Å². The van der Waals surface area contributed by atoms with Gasteiger partial charge in [0.25, 0.3) is 0 Å². The number of quaternary nitrogens is 1. The molecule has 6 rings (SSSR count). The van der Waals surface area contributed by atoms with E-state index in [0.29, 0.717) is 38.8 Å². The monoisotopic (exact) mass is 494 g/mol. The first-order valence-electron chi connectivity index (χ1n) is 11.7. The number of H-pyrrole nitrogens is 1. The number of likely N-dealkylation sites (N-methyl/N-ethyl adjacent to an activating group) is 1. The molecule has 0 amide bonds. The third-order valence-electron chi connectivity index (χ3n) is 7.50. The first-order valence-corrected chi connectivity index (χ1v) is 11.7. The van der Waals surface area contributed by atoms with E-state index >= 15 is 0 Å². The van der Waals surface area contributed by atoms with E-state index in [2.05, 4.69) is 24.3 Å². The maximum atomic E-state index is 13.2. The van der Waals surface area contributed by atoms with Crippen molar-refractivity contribution >= 4 is 5.97 Å². The van der Waals surface area contributed by atoms with Gasteiger partial charge in [-0.25, -0.2) is 4.79 Å². The van der Waals surface area contributed by atoms with Crippen molar-refractivity contribution in [2.45, 2.75) is 18.6 Å². The van der Waals surface area contributed by atoms with Gasteiger partial charge in [-0.2, -0.15) is 5.10 Å². The second-order valence-electron chi connectivity index (χ2n) is 9.64. The van der Waals surface area contributed by atoms with Gasteiger partial charge in [0, 0.05) is 29.3 Å². The molecule has 1 aromatic heterocycles. The van der Waals surface area contributed by atoms with E-state index in [-0.39, 0.29) is 12.8 Å². The molecule has 0 saturated carbocycles. The lowest BCUT2D eigenvalue weighted by atomic mass is 9.80. The molecule has 2 unspecified atom stereocenters. The van der Waals surface area contributed by atoms with E-state index in [1.54, 1.807) is 20.4 Å². The number of cyclic esters (lactones) is 1. The third kappa shape index (κ3) is 3.00. The Labute approximate surface area is 208 Å². The zero-order valence-corrected chi connectivity index (χ0v) is 20.8. The van der Waals surface area contributed by atoms with Gasteiger partial charge in [0.2, 0.25) is 12.5 Å². The molecule has 3 aliphatic rings. The summed E-state index contributed by atoms with van der Waals surface area (Å²) in [6, 6.07) is 3.41. The number of esters is 1. The number of hydrogen-bond donors (Lipinski definition) is 1. The minimum atomic E-state index is -0.576. The van der Waals surface area contributed by atoms with Crippen LogP contribution in [0, 0.1) is 0 Å². The normalized spacial score (nSPS) is 21.0. The Hall–Kier alpha value is -3.92.